The van der Waals surface area contributed by atoms with Crippen molar-refractivity contribution in [2.75, 3.05) is 6.54 Å². The predicted octanol–water partition coefficient (Wildman–Crippen LogP) is 4.39. The molecular weight excluding hydrogens is 396 g/mol. The maximum Gasteiger partial charge on any atom is 0.287 e. The highest BCUT2D eigenvalue weighted by Gasteiger charge is 2.25. The second kappa shape index (κ2) is 8.29. The fraction of sp³-hybridized carbons (Fsp3) is 0.238. The van der Waals surface area contributed by atoms with E-state index in [9.17, 15) is 9.59 Å². The molecule has 0 aliphatic carbocycles. The summed E-state index contributed by atoms with van der Waals surface area (Å²) < 4.78 is 5.90. The maximum absolute atomic E-state index is 12.9. The normalized spacial score (nSPS) is 16.8. The number of hydrogen-bond acceptors (Lipinski definition) is 4. The smallest absolute Gasteiger partial charge is 0.287 e. The van der Waals surface area contributed by atoms with Gasteiger partial charge in [-0.2, -0.15) is 0 Å². The summed E-state index contributed by atoms with van der Waals surface area (Å²) in [5.74, 6) is 0.640. The first-order chi connectivity index (χ1) is 13.6. The Morgan fingerprint density at radius 2 is 2.00 bits per heavy atom. The zero-order valence-electron chi connectivity index (χ0n) is 15.0. The zero-order valence-corrected chi connectivity index (χ0v) is 16.6. The van der Waals surface area contributed by atoms with Gasteiger partial charge in [-0.3, -0.25) is 9.59 Å². The van der Waals surface area contributed by atoms with Crippen LogP contribution in [0.4, 0.5) is 0 Å². The molecular formula is C21H19ClN2O3S. The Balaban J connectivity index is 1.58. The van der Waals surface area contributed by atoms with Gasteiger partial charge in [-0.25, -0.2) is 0 Å². The summed E-state index contributed by atoms with van der Waals surface area (Å²) in [6.45, 7) is 0.439. The quantitative estimate of drug-likeness (QED) is 0.607. The van der Waals surface area contributed by atoms with Crippen LogP contribution in [0.2, 0.25) is 5.02 Å². The molecule has 144 valence electrons. The summed E-state index contributed by atoms with van der Waals surface area (Å²) in [7, 11) is 0. The van der Waals surface area contributed by atoms with Crippen LogP contribution in [0.3, 0.4) is 0 Å². The Hall–Kier alpha value is -2.44. The van der Waals surface area contributed by atoms with Gasteiger partial charge in [0.15, 0.2) is 5.76 Å². The van der Waals surface area contributed by atoms with E-state index in [0.717, 1.165) is 15.8 Å². The molecule has 1 aromatic heterocycles. The van der Waals surface area contributed by atoms with E-state index in [1.54, 1.807) is 11.8 Å². The lowest BCUT2D eigenvalue weighted by molar-refractivity contribution is -0.122. The van der Waals surface area contributed by atoms with Crippen molar-refractivity contribution in [1.82, 2.24) is 10.6 Å². The third-order valence-electron chi connectivity index (χ3n) is 4.71. The van der Waals surface area contributed by atoms with E-state index < -0.39 is 0 Å². The van der Waals surface area contributed by atoms with E-state index in [4.69, 9.17) is 16.0 Å². The van der Waals surface area contributed by atoms with Crippen LogP contribution < -0.4 is 10.6 Å². The largest absolute Gasteiger partial charge is 0.451 e. The number of hydrogen-bond donors (Lipinski definition) is 2. The molecule has 4 rings (SSSR count). The summed E-state index contributed by atoms with van der Waals surface area (Å²) in [5, 5.41) is 7.37. The van der Waals surface area contributed by atoms with Gasteiger partial charge >= 0.3 is 0 Å². The third-order valence-corrected chi connectivity index (χ3v) is 6.26. The highest BCUT2D eigenvalue weighted by Crippen LogP contribution is 2.34. The number of benzene rings is 2. The topological polar surface area (TPSA) is 71.3 Å². The first-order valence-electron chi connectivity index (χ1n) is 9.07. The van der Waals surface area contributed by atoms with Gasteiger partial charge in [0.2, 0.25) is 5.91 Å². The number of carbonyl (C=O) groups excluding carboxylic acids is 2. The number of fused-ring (bicyclic) bond motifs is 1. The Bertz CT molecular complexity index is 1020. The number of para-hydroxylation sites is 1. The van der Waals surface area contributed by atoms with Crippen molar-refractivity contribution in [1.29, 1.82) is 0 Å². The molecule has 1 unspecified atom stereocenters. The molecule has 28 heavy (non-hydrogen) atoms. The Morgan fingerprint density at radius 1 is 1.21 bits per heavy atom. The highest BCUT2D eigenvalue weighted by molar-refractivity contribution is 7.98. The van der Waals surface area contributed by atoms with Gasteiger partial charge in [0.25, 0.3) is 5.91 Å². The summed E-state index contributed by atoms with van der Waals surface area (Å²) in [5.41, 5.74) is 1.53. The molecule has 2 N–H and O–H groups in total. The molecule has 7 heteroatoms. The highest BCUT2D eigenvalue weighted by atomic mass is 35.5. The van der Waals surface area contributed by atoms with Gasteiger partial charge in [-0.05, 0) is 24.6 Å². The third kappa shape index (κ3) is 4.03. The van der Waals surface area contributed by atoms with Crippen LogP contribution >= 0.6 is 23.4 Å². The molecule has 2 heterocycles. The zero-order chi connectivity index (χ0) is 19.5. The van der Waals surface area contributed by atoms with E-state index in [0.29, 0.717) is 41.5 Å². The SMILES string of the molecule is O=C1CCC(NC(=O)c2oc3ccccc3c2CSc2ccccc2Cl)CN1. The molecule has 2 amide bonds. The first kappa shape index (κ1) is 18.9. The number of piperidine rings is 1. The van der Waals surface area contributed by atoms with Crippen LogP contribution in [0.25, 0.3) is 11.0 Å². The second-order valence-corrected chi connectivity index (χ2v) is 8.06. The average molecular weight is 415 g/mol. The van der Waals surface area contributed by atoms with E-state index in [-0.39, 0.29) is 17.9 Å². The Morgan fingerprint density at radius 3 is 2.79 bits per heavy atom. The fourth-order valence-corrected chi connectivity index (χ4v) is 4.51. The molecule has 0 radical (unpaired) electrons. The van der Waals surface area contributed by atoms with Crippen LogP contribution in [-0.2, 0) is 10.5 Å². The molecule has 1 atom stereocenters. The molecule has 2 aromatic carbocycles. The number of rotatable bonds is 5. The number of carbonyl (C=O) groups is 2. The van der Waals surface area contributed by atoms with Crippen molar-refractivity contribution >= 4 is 46.1 Å². The molecule has 0 saturated carbocycles. The van der Waals surface area contributed by atoms with Crippen molar-refractivity contribution < 1.29 is 14.0 Å². The Labute approximate surface area is 171 Å². The molecule has 1 aliphatic heterocycles. The molecule has 1 saturated heterocycles. The number of furan rings is 1. The second-order valence-electron chi connectivity index (χ2n) is 6.64. The molecule has 1 fully saturated rings. The van der Waals surface area contributed by atoms with Crippen molar-refractivity contribution in [3.63, 3.8) is 0 Å². The fourth-order valence-electron chi connectivity index (χ4n) is 3.24. The molecule has 0 spiro atoms. The van der Waals surface area contributed by atoms with Crippen molar-refractivity contribution in [3.05, 3.63) is 64.9 Å². The first-order valence-corrected chi connectivity index (χ1v) is 10.4. The molecule has 5 nitrogen and oxygen atoms in total. The average Bonchev–Trinajstić information content (AvgIpc) is 3.08. The van der Waals surface area contributed by atoms with Crippen LogP contribution in [0.15, 0.2) is 57.8 Å². The summed E-state index contributed by atoms with van der Waals surface area (Å²) in [4.78, 5) is 25.2. The van der Waals surface area contributed by atoms with E-state index in [1.807, 2.05) is 48.5 Å². The van der Waals surface area contributed by atoms with Crippen molar-refractivity contribution in [2.24, 2.45) is 0 Å². The van der Waals surface area contributed by atoms with Gasteiger partial charge in [0.1, 0.15) is 5.58 Å². The summed E-state index contributed by atoms with van der Waals surface area (Å²) in [6.07, 6.45) is 1.04. The monoisotopic (exact) mass is 414 g/mol. The lowest BCUT2D eigenvalue weighted by Crippen LogP contribution is -2.47. The van der Waals surface area contributed by atoms with Crippen molar-refractivity contribution in [2.45, 2.75) is 29.5 Å². The minimum absolute atomic E-state index is 0.0195. The standard InChI is InChI=1S/C21H19ClN2O3S/c22-16-6-2-4-8-18(16)28-12-15-14-5-1-3-7-17(14)27-20(15)21(26)24-13-9-10-19(25)23-11-13/h1-8,13H,9-12H2,(H,23,25)(H,24,26). The number of nitrogens with one attached hydrogen (secondary N) is 2. The number of halogens is 1. The lowest BCUT2D eigenvalue weighted by atomic mass is 10.1. The van der Waals surface area contributed by atoms with Crippen LogP contribution in [0.1, 0.15) is 29.0 Å². The maximum atomic E-state index is 12.9. The molecule has 0 bridgehead atoms. The van der Waals surface area contributed by atoms with Gasteiger partial charge in [0, 0.05) is 40.6 Å². The van der Waals surface area contributed by atoms with Gasteiger partial charge < -0.3 is 15.1 Å². The Kier molecular flexibility index (Phi) is 5.59. The van der Waals surface area contributed by atoms with Gasteiger partial charge in [-0.1, -0.05) is 41.9 Å². The minimum Gasteiger partial charge on any atom is -0.451 e. The van der Waals surface area contributed by atoms with E-state index in [1.165, 1.54) is 0 Å². The lowest BCUT2D eigenvalue weighted by Gasteiger charge is -2.23. The summed E-state index contributed by atoms with van der Waals surface area (Å²) in [6, 6.07) is 15.2. The van der Waals surface area contributed by atoms with Gasteiger partial charge in [0.05, 0.1) is 5.02 Å². The van der Waals surface area contributed by atoms with E-state index in [2.05, 4.69) is 10.6 Å². The van der Waals surface area contributed by atoms with Crippen LogP contribution in [0.5, 0.6) is 0 Å². The van der Waals surface area contributed by atoms with E-state index >= 15 is 0 Å². The molecule has 1 aliphatic rings. The minimum atomic E-state index is -0.257. The van der Waals surface area contributed by atoms with Gasteiger partial charge in [-0.15, -0.1) is 11.8 Å². The number of amides is 2. The van der Waals surface area contributed by atoms with Crippen molar-refractivity contribution in [3.8, 4) is 0 Å². The predicted molar refractivity (Wildman–Crippen MR) is 111 cm³/mol. The number of thioether (sulfide) groups is 1. The molecule has 3 aromatic rings. The van der Waals surface area contributed by atoms with Crippen LogP contribution in [-0.4, -0.2) is 24.4 Å². The van der Waals surface area contributed by atoms with Crippen LogP contribution in [0, 0.1) is 0 Å². The summed E-state index contributed by atoms with van der Waals surface area (Å²) >= 11 is 7.84.